The maximum absolute atomic E-state index is 12.8. The number of para-hydroxylation sites is 2. The molecule has 0 bridgehead atoms. The monoisotopic (exact) mass is 403 g/mol. The van der Waals surface area contributed by atoms with Gasteiger partial charge in [-0.05, 0) is 24.1 Å². The summed E-state index contributed by atoms with van der Waals surface area (Å²) in [6.45, 7) is 0.0478. The van der Waals surface area contributed by atoms with Gasteiger partial charge in [0.05, 0.1) is 11.7 Å². The number of benzene rings is 2. The first-order valence-electron chi connectivity index (χ1n) is 9.92. The smallest absolute Gasteiger partial charge is 0.291 e. The summed E-state index contributed by atoms with van der Waals surface area (Å²) in [5.74, 6) is 0.729. The first kappa shape index (κ1) is 18.4. The molecule has 0 saturated carbocycles. The van der Waals surface area contributed by atoms with Gasteiger partial charge in [-0.25, -0.2) is 9.67 Å². The first-order chi connectivity index (χ1) is 14.6. The molecule has 2 aliphatic heterocycles. The molecule has 1 N–H and O–H groups in total. The first-order valence-corrected chi connectivity index (χ1v) is 9.92. The molecule has 0 radical (unpaired) electrons. The van der Waals surface area contributed by atoms with E-state index < -0.39 is 11.9 Å². The van der Waals surface area contributed by atoms with E-state index in [-0.39, 0.29) is 24.4 Å². The molecule has 30 heavy (non-hydrogen) atoms. The quantitative estimate of drug-likeness (QED) is 0.722. The topological polar surface area (TPSA) is 89.4 Å². The lowest BCUT2D eigenvalue weighted by molar-refractivity contribution is -0.120. The zero-order chi connectivity index (χ0) is 20.7. The molecule has 8 nitrogen and oxygen atoms in total. The third-order valence-electron chi connectivity index (χ3n) is 5.59. The standard InChI is InChI=1S/C22H21N5O3/c1-26-17-9-5-6-10-18(17)30-13-15(22(26)29)23-21(28)20-24-19-12-11-16(27(19)25-20)14-7-3-2-4-8-14/h2-10,15-16H,11-13H2,1H3,(H,23,28). The van der Waals surface area contributed by atoms with E-state index in [0.717, 1.165) is 24.2 Å². The molecule has 152 valence electrons. The van der Waals surface area contributed by atoms with Gasteiger partial charge in [0.15, 0.2) is 0 Å². The Kier molecular flexibility index (Phi) is 4.46. The number of nitrogens with one attached hydrogen (secondary N) is 1. The van der Waals surface area contributed by atoms with E-state index in [1.54, 1.807) is 13.1 Å². The average Bonchev–Trinajstić information content (AvgIpc) is 3.34. The summed E-state index contributed by atoms with van der Waals surface area (Å²) < 4.78 is 7.57. The fourth-order valence-electron chi connectivity index (χ4n) is 4.02. The number of carbonyl (C=O) groups is 2. The summed E-state index contributed by atoms with van der Waals surface area (Å²) in [7, 11) is 1.67. The maximum Gasteiger partial charge on any atom is 0.291 e. The molecular formula is C22H21N5O3. The highest BCUT2D eigenvalue weighted by atomic mass is 16.5. The number of hydrogen-bond donors (Lipinski definition) is 1. The third-order valence-corrected chi connectivity index (χ3v) is 5.59. The van der Waals surface area contributed by atoms with Crippen molar-refractivity contribution in [2.24, 2.45) is 0 Å². The Morgan fingerprint density at radius 3 is 2.73 bits per heavy atom. The highest BCUT2D eigenvalue weighted by molar-refractivity contribution is 6.02. The van der Waals surface area contributed by atoms with Crippen molar-refractivity contribution in [3.63, 3.8) is 0 Å². The van der Waals surface area contributed by atoms with Crippen molar-refractivity contribution in [3.05, 3.63) is 71.8 Å². The predicted octanol–water partition coefficient (Wildman–Crippen LogP) is 1.97. The second-order valence-electron chi connectivity index (χ2n) is 7.46. The highest BCUT2D eigenvalue weighted by Crippen LogP contribution is 2.31. The molecule has 2 amide bonds. The Hall–Kier alpha value is -3.68. The molecule has 0 aliphatic carbocycles. The van der Waals surface area contributed by atoms with Crippen molar-refractivity contribution in [1.82, 2.24) is 20.1 Å². The number of fused-ring (bicyclic) bond motifs is 2. The maximum atomic E-state index is 12.8. The van der Waals surface area contributed by atoms with Crippen LogP contribution in [0.3, 0.4) is 0 Å². The van der Waals surface area contributed by atoms with Gasteiger partial charge >= 0.3 is 0 Å². The molecule has 3 heterocycles. The second-order valence-corrected chi connectivity index (χ2v) is 7.46. The van der Waals surface area contributed by atoms with Crippen LogP contribution in [0, 0.1) is 0 Å². The Bertz CT molecular complexity index is 1110. The number of amides is 2. The van der Waals surface area contributed by atoms with E-state index in [2.05, 4.69) is 27.5 Å². The van der Waals surface area contributed by atoms with Gasteiger partial charge in [-0.1, -0.05) is 42.5 Å². The predicted molar refractivity (Wildman–Crippen MR) is 110 cm³/mol. The lowest BCUT2D eigenvalue weighted by atomic mass is 10.1. The van der Waals surface area contributed by atoms with Crippen LogP contribution in [0.2, 0.25) is 0 Å². The van der Waals surface area contributed by atoms with Crippen LogP contribution < -0.4 is 15.0 Å². The number of carbonyl (C=O) groups excluding carboxylic acids is 2. The minimum absolute atomic E-state index is 0.0478. The van der Waals surface area contributed by atoms with Crippen LogP contribution in [0.5, 0.6) is 5.75 Å². The molecule has 0 spiro atoms. The van der Waals surface area contributed by atoms with E-state index >= 15 is 0 Å². The summed E-state index contributed by atoms with van der Waals surface area (Å²) >= 11 is 0. The van der Waals surface area contributed by atoms with Gasteiger partial charge in [-0.2, -0.15) is 0 Å². The molecule has 0 fully saturated rings. The number of anilines is 1. The SMILES string of the molecule is CN1C(=O)C(NC(=O)c2nc3n(n2)C(c2ccccc2)CC3)COc2ccccc21. The number of ether oxygens (including phenoxy) is 1. The molecule has 8 heteroatoms. The van der Waals surface area contributed by atoms with Crippen LogP contribution in [0.4, 0.5) is 5.69 Å². The summed E-state index contributed by atoms with van der Waals surface area (Å²) in [5, 5.41) is 7.19. The fourth-order valence-corrected chi connectivity index (χ4v) is 4.02. The summed E-state index contributed by atoms with van der Waals surface area (Å²) in [4.78, 5) is 31.6. The zero-order valence-corrected chi connectivity index (χ0v) is 16.5. The van der Waals surface area contributed by atoms with Crippen molar-refractivity contribution in [1.29, 1.82) is 0 Å². The van der Waals surface area contributed by atoms with E-state index in [1.165, 1.54) is 4.90 Å². The lowest BCUT2D eigenvalue weighted by Gasteiger charge is -2.19. The van der Waals surface area contributed by atoms with Gasteiger partial charge < -0.3 is 15.0 Å². The number of nitrogens with zero attached hydrogens (tertiary/aromatic N) is 4. The molecule has 3 aromatic rings. The minimum Gasteiger partial charge on any atom is -0.489 e. The van der Waals surface area contributed by atoms with Crippen LogP contribution in [0.15, 0.2) is 54.6 Å². The Morgan fingerprint density at radius 1 is 1.13 bits per heavy atom. The number of rotatable bonds is 3. The second kappa shape index (κ2) is 7.29. The summed E-state index contributed by atoms with van der Waals surface area (Å²) in [6.07, 6.45) is 1.66. The Morgan fingerprint density at radius 2 is 1.90 bits per heavy atom. The molecule has 2 unspecified atom stereocenters. The number of aromatic nitrogens is 3. The van der Waals surface area contributed by atoms with E-state index in [4.69, 9.17) is 4.74 Å². The molecule has 2 atom stereocenters. The molecule has 5 rings (SSSR count). The van der Waals surface area contributed by atoms with Crippen LogP contribution in [-0.2, 0) is 11.2 Å². The van der Waals surface area contributed by atoms with Gasteiger partial charge in [-0.3, -0.25) is 9.59 Å². The van der Waals surface area contributed by atoms with Crippen LogP contribution in [-0.4, -0.2) is 46.3 Å². The van der Waals surface area contributed by atoms with Gasteiger partial charge in [0.2, 0.25) is 5.82 Å². The third kappa shape index (κ3) is 3.10. The zero-order valence-electron chi connectivity index (χ0n) is 16.5. The van der Waals surface area contributed by atoms with E-state index in [9.17, 15) is 9.59 Å². The van der Waals surface area contributed by atoms with Gasteiger partial charge in [0.1, 0.15) is 24.2 Å². The van der Waals surface area contributed by atoms with E-state index in [0.29, 0.717) is 11.4 Å². The largest absolute Gasteiger partial charge is 0.489 e. The van der Waals surface area contributed by atoms with Gasteiger partial charge in [-0.15, -0.1) is 5.10 Å². The summed E-state index contributed by atoms with van der Waals surface area (Å²) in [5.41, 5.74) is 1.81. The highest BCUT2D eigenvalue weighted by Gasteiger charge is 2.33. The molecular weight excluding hydrogens is 382 g/mol. The fraction of sp³-hybridized carbons (Fsp3) is 0.273. The normalized spacial score (nSPS) is 20.2. The minimum atomic E-state index is -0.821. The molecule has 0 saturated heterocycles. The van der Waals surface area contributed by atoms with Crippen molar-refractivity contribution in [3.8, 4) is 5.75 Å². The molecule has 2 aliphatic rings. The number of likely N-dealkylation sites (N-methyl/N-ethyl adjacent to an activating group) is 1. The lowest BCUT2D eigenvalue weighted by Crippen LogP contribution is -2.49. The summed E-state index contributed by atoms with van der Waals surface area (Å²) in [6, 6.07) is 16.6. The molecule has 1 aromatic heterocycles. The number of aryl methyl sites for hydroxylation is 1. The van der Waals surface area contributed by atoms with Crippen LogP contribution >= 0.6 is 0 Å². The van der Waals surface area contributed by atoms with Crippen LogP contribution in [0.1, 0.15) is 34.5 Å². The average molecular weight is 403 g/mol. The number of hydrogen-bond acceptors (Lipinski definition) is 5. The van der Waals surface area contributed by atoms with Gasteiger partial charge in [0, 0.05) is 13.5 Å². The van der Waals surface area contributed by atoms with Gasteiger partial charge in [0.25, 0.3) is 11.8 Å². The van der Waals surface area contributed by atoms with Crippen LogP contribution in [0.25, 0.3) is 0 Å². The van der Waals surface area contributed by atoms with Crippen molar-refractivity contribution < 1.29 is 14.3 Å². The van der Waals surface area contributed by atoms with Crippen molar-refractivity contribution in [2.45, 2.75) is 24.9 Å². The van der Waals surface area contributed by atoms with E-state index in [1.807, 2.05) is 41.1 Å². The van der Waals surface area contributed by atoms with Crippen molar-refractivity contribution >= 4 is 17.5 Å². The van der Waals surface area contributed by atoms with Crippen molar-refractivity contribution in [2.75, 3.05) is 18.6 Å². The molecule has 2 aromatic carbocycles. The Labute approximate surface area is 173 Å². The Balaban J connectivity index is 1.34.